The lowest BCUT2D eigenvalue weighted by Crippen LogP contribution is -2.25. The van der Waals surface area contributed by atoms with Crippen LogP contribution in [0, 0.1) is 5.92 Å². The van der Waals surface area contributed by atoms with Gasteiger partial charge in [0.1, 0.15) is 5.82 Å². The van der Waals surface area contributed by atoms with Gasteiger partial charge in [-0.05, 0) is 18.8 Å². The fourth-order valence-corrected chi connectivity index (χ4v) is 3.02. The number of hydrogen-bond acceptors (Lipinski definition) is 5. The smallest absolute Gasteiger partial charge is 0.303 e. The van der Waals surface area contributed by atoms with Crippen LogP contribution in [0.2, 0.25) is 0 Å². The molecule has 0 spiro atoms. The lowest BCUT2D eigenvalue weighted by molar-refractivity contribution is -0.138. The van der Waals surface area contributed by atoms with Gasteiger partial charge in [0.15, 0.2) is 0 Å². The number of hydrogen-bond donors (Lipinski definition) is 2. The van der Waals surface area contributed by atoms with Crippen molar-refractivity contribution in [1.82, 2.24) is 9.36 Å². The summed E-state index contributed by atoms with van der Waals surface area (Å²) in [6.45, 7) is 2.02. The van der Waals surface area contributed by atoms with Crippen LogP contribution in [-0.4, -0.2) is 26.5 Å². The van der Waals surface area contributed by atoms with Gasteiger partial charge in [-0.25, -0.2) is 4.98 Å². The third-order valence-electron chi connectivity index (χ3n) is 3.19. The maximum atomic E-state index is 10.8. The molecule has 5 nitrogen and oxygen atoms in total. The molecule has 0 bridgehead atoms. The van der Waals surface area contributed by atoms with Crippen LogP contribution in [0.3, 0.4) is 0 Å². The van der Waals surface area contributed by atoms with E-state index in [-0.39, 0.29) is 18.4 Å². The zero-order valence-corrected chi connectivity index (χ0v) is 10.7. The minimum atomic E-state index is -0.713. The van der Waals surface area contributed by atoms with Crippen molar-refractivity contribution in [2.24, 2.45) is 5.92 Å². The molecule has 2 rings (SSSR count). The zero-order valence-electron chi connectivity index (χ0n) is 9.85. The normalized spacial score (nSPS) is 23.8. The fourth-order valence-electron chi connectivity index (χ4n) is 2.31. The minimum absolute atomic E-state index is 0.224. The van der Waals surface area contributed by atoms with Gasteiger partial charge >= 0.3 is 5.97 Å². The highest BCUT2D eigenvalue weighted by atomic mass is 32.1. The number of rotatable bonds is 5. The minimum Gasteiger partial charge on any atom is -0.481 e. The first-order valence-corrected chi connectivity index (χ1v) is 6.77. The Morgan fingerprint density at radius 3 is 3.06 bits per heavy atom. The molecule has 1 saturated carbocycles. The number of aryl methyl sites for hydroxylation is 1. The summed E-state index contributed by atoms with van der Waals surface area (Å²) in [7, 11) is 0. The Morgan fingerprint density at radius 2 is 2.41 bits per heavy atom. The highest BCUT2D eigenvalue weighted by Crippen LogP contribution is 2.31. The summed E-state index contributed by atoms with van der Waals surface area (Å²) in [4.78, 5) is 15.1. The van der Waals surface area contributed by atoms with Crippen LogP contribution >= 0.6 is 11.5 Å². The third-order valence-corrected chi connectivity index (χ3v) is 3.87. The van der Waals surface area contributed by atoms with E-state index in [1.54, 1.807) is 0 Å². The number of aliphatic carboxylic acids is 1. The lowest BCUT2D eigenvalue weighted by Gasteiger charge is -2.18. The van der Waals surface area contributed by atoms with Crippen molar-refractivity contribution in [3.63, 3.8) is 0 Å². The monoisotopic (exact) mass is 255 g/mol. The quantitative estimate of drug-likeness (QED) is 0.843. The number of nitrogens with one attached hydrogen (secondary N) is 1. The van der Waals surface area contributed by atoms with Gasteiger partial charge in [0.05, 0.1) is 6.42 Å². The summed E-state index contributed by atoms with van der Waals surface area (Å²) in [5.74, 6) is 0.363. The van der Waals surface area contributed by atoms with Gasteiger partial charge in [-0.3, -0.25) is 4.79 Å². The van der Waals surface area contributed by atoms with E-state index < -0.39 is 5.97 Å². The highest BCUT2D eigenvalue weighted by molar-refractivity contribution is 7.09. The molecule has 1 heterocycles. The number of carbonyl (C=O) groups is 1. The number of anilines is 1. The number of nitrogens with zero attached hydrogens (tertiary/aromatic N) is 2. The third kappa shape index (κ3) is 3.15. The standard InChI is InChI=1S/C11H17N3O2S/c1-2-9-13-11(17-14-9)12-8-5-3-4-7(8)6-10(15)16/h7-8H,2-6H2,1H3,(H,15,16)(H,12,13,14)/t7-,8+/m0/s1. The molecule has 1 fully saturated rings. The molecule has 2 N–H and O–H groups in total. The molecular weight excluding hydrogens is 238 g/mol. The lowest BCUT2D eigenvalue weighted by atomic mass is 10.00. The van der Waals surface area contributed by atoms with Crippen LogP contribution in [0.25, 0.3) is 0 Å². The van der Waals surface area contributed by atoms with E-state index >= 15 is 0 Å². The first-order chi connectivity index (χ1) is 8.19. The van der Waals surface area contributed by atoms with E-state index in [0.29, 0.717) is 0 Å². The molecule has 94 valence electrons. The van der Waals surface area contributed by atoms with Crippen molar-refractivity contribution in [1.29, 1.82) is 0 Å². The Morgan fingerprint density at radius 1 is 1.59 bits per heavy atom. The molecule has 0 saturated heterocycles. The van der Waals surface area contributed by atoms with E-state index in [0.717, 1.165) is 36.6 Å². The molecule has 1 aromatic rings. The Kier molecular flexibility index (Phi) is 3.93. The molecule has 0 amide bonds. The van der Waals surface area contributed by atoms with Crippen molar-refractivity contribution >= 4 is 22.6 Å². The summed E-state index contributed by atoms with van der Waals surface area (Å²) < 4.78 is 4.21. The molecule has 1 aromatic heterocycles. The number of aromatic nitrogens is 2. The van der Waals surface area contributed by atoms with Gasteiger partial charge in [0, 0.05) is 24.0 Å². The molecule has 0 unspecified atom stereocenters. The second kappa shape index (κ2) is 5.44. The van der Waals surface area contributed by atoms with Crippen molar-refractivity contribution in [3.05, 3.63) is 5.82 Å². The SMILES string of the molecule is CCc1nsc(N[C@@H]2CCC[C@H]2CC(=O)O)n1. The van der Waals surface area contributed by atoms with Gasteiger partial charge in [0.2, 0.25) is 5.13 Å². The highest BCUT2D eigenvalue weighted by Gasteiger charge is 2.29. The van der Waals surface area contributed by atoms with E-state index in [4.69, 9.17) is 5.11 Å². The topological polar surface area (TPSA) is 75.1 Å². The summed E-state index contributed by atoms with van der Waals surface area (Å²) in [6.07, 6.45) is 4.19. The van der Waals surface area contributed by atoms with E-state index in [1.807, 2.05) is 6.92 Å². The average Bonchev–Trinajstić information content (AvgIpc) is 2.89. The molecule has 6 heteroatoms. The molecular formula is C11H17N3O2S. The van der Waals surface area contributed by atoms with Crippen LogP contribution in [0.1, 0.15) is 38.4 Å². The second-order valence-electron chi connectivity index (χ2n) is 4.41. The van der Waals surface area contributed by atoms with Crippen molar-refractivity contribution in [2.75, 3.05) is 5.32 Å². The maximum absolute atomic E-state index is 10.8. The Bertz CT molecular complexity index is 394. The molecule has 1 aliphatic rings. The predicted molar refractivity (Wildman–Crippen MR) is 66.3 cm³/mol. The second-order valence-corrected chi connectivity index (χ2v) is 5.16. The predicted octanol–water partition coefficient (Wildman–Crippen LogP) is 2.16. The molecule has 0 radical (unpaired) electrons. The van der Waals surface area contributed by atoms with Crippen LogP contribution in [0.5, 0.6) is 0 Å². The average molecular weight is 255 g/mol. The molecule has 0 aromatic carbocycles. The van der Waals surface area contributed by atoms with Gasteiger partial charge in [0.25, 0.3) is 0 Å². The molecule has 2 atom stereocenters. The van der Waals surface area contributed by atoms with Gasteiger partial charge in [-0.15, -0.1) is 0 Å². The largest absolute Gasteiger partial charge is 0.481 e. The fraction of sp³-hybridized carbons (Fsp3) is 0.727. The van der Waals surface area contributed by atoms with E-state index in [2.05, 4.69) is 14.7 Å². The summed E-state index contributed by atoms with van der Waals surface area (Å²) >= 11 is 1.36. The Balaban J connectivity index is 1.95. The Labute approximate surface area is 104 Å². The van der Waals surface area contributed by atoms with Crippen molar-refractivity contribution < 1.29 is 9.90 Å². The molecule has 1 aliphatic carbocycles. The number of carboxylic acid groups (broad SMARTS) is 1. The van der Waals surface area contributed by atoms with E-state index in [1.165, 1.54) is 11.5 Å². The summed E-state index contributed by atoms with van der Waals surface area (Å²) in [5, 5.41) is 13.0. The van der Waals surface area contributed by atoms with Crippen LogP contribution in [-0.2, 0) is 11.2 Å². The van der Waals surface area contributed by atoms with Gasteiger partial charge in [-0.1, -0.05) is 13.3 Å². The number of carboxylic acids is 1. The Hall–Kier alpha value is -1.17. The summed E-state index contributed by atoms with van der Waals surface area (Å²) in [5.41, 5.74) is 0. The van der Waals surface area contributed by atoms with Crippen molar-refractivity contribution in [3.8, 4) is 0 Å². The van der Waals surface area contributed by atoms with Crippen LogP contribution in [0.15, 0.2) is 0 Å². The van der Waals surface area contributed by atoms with E-state index in [9.17, 15) is 4.79 Å². The molecule has 17 heavy (non-hydrogen) atoms. The van der Waals surface area contributed by atoms with Crippen molar-refractivity contribution in [2.45, 2.75) is 45.1 Å². The molecule has 0 aliphatic heterocycles. The first kappa shape index (κ1) is 12.3. The summed E-state index contributed by atoms with van der Waals surface area (Å²) in [6, 6.07) is 0.240. The maximum Gasteiger partial charge on any atom is 0.303 e. The van der Waals surface area contributed by atoms with Crippen LogP contribution < -0.4 is 5.32 Å². The van der Waals surface area contributed by atoms with Gasteiger partial charge in [-0.2, -0.15) is 4.37 Å². The zero-order chi connectivity index (χ0) is 12.3. The first-order valence-electron chi connectivity index (χ1n) is 6.00. The van der Waals surface area contributed by atoms with Gasteiger partial charge < -0.3 is 10.4 Å². The van der Waals surface area contributed by atoms with Crippen LogP contribution in [0.4, 0.5) is 5.13 Å².